The van der Waals surface area contributed by atoms with Crippen LogP contribution in [0.15, 0.2) is 30.3 Å². The Morgan fingerprint density at radius 1 is 1.28 bits per heavy atom. The fourth-order valence-corrected chi connectivity index (χ4v) is 1.94. The second-order valence-corrected chi connectivity index (χ2v) is 4.39. The van der Waals surface area contributed by atoms with Gasteiger partial charge in [-0.15, -0.1) is 0 Å². The Morgan fingerprint density at radius 2 is 1.89 bits per heavy atom. The lowest BCUT2D eigenvalue weighted by Gasteiger charge is -2.28. The molecular formula is C15H23NO2. The van der Waals surface area contributed by atoms with Crippen molar-refractivity contribution in [3.05, 3.63) is 35.9 Å². The van der Waals surface area contributed by atoms with Crippen LogP contribution in [0, 0.1) is 0 Å². The van der Waals surface area contributed by atoms with E-state index in [1.807, 2.05) is 58.2 Å². The van der Waals surface area contributed by atoms with E-state index in [-0.39, 0.29) is 18.1 Å². The zero-order valence-electron chi connectivity index (χ0n) is 11.7. The third kappa shape index (κ3) is 3.57. The van der Waals surface area contributed by atoms with Gasteiger partial charge in [0, 0.05) is 13.7 Å². The number of carbonyl (C=O) groups excluding carboxylic acids is 1. The van der Waals surface area contributed by atoms with E-state index < -0.39 is 0 Å². The predicted octanol–water partition coefficient (Wildman–Crippen LogP) is 3.02. The van der Waals surface area contributed by atoms with Gasteiger partial charge in [-0.25, -0.2) is 0 Å². The van der Waals surface area contributed by atoms with Crippen molar-refractivity contribution >= 4 is 5.91 Å². The molecule has 0 fully saturated rings. The quantitative estimate of drug-likeness (QED) is 0.775. The first-order valence-electron chi connectivity index (χ1n) is 6.55. The highest BCUT2D eigenvalue weighted by molar-refractivity contribution is 5.81. The maximum Gasteiger partial charge on any atom is 0.251 e. The van der Waals surface area contributed by atoms with Crippen LogP contribution < -0.4 is 0 Å². The smallest absolute Gasteiger partial charge is 0.251 e. The molecule has 0 aliphatic carbocycles. The van der Waals surface area contributed by atoms with E-state index in [0.717, 1.165) is 5.56 Å². The average molecular weight is 249 g/mol. The molecule has 0 spiro atoms. The summed E-state index contributed by atoms with van der Waals surface area (Å²) in [7, 11) is 1.84. The molecule has 0 radical (unpaired) electrons. The fourth-order valence-electron chi connectivity index (χ4n) is 1.94. The molecule has 1 aromatic carbocycles. The van der Waals surface area contributed by atoms with Gasteiger partial charge >= 0.3 is 0 Å². The molecule has 1 rings (SSSR count). The first kappa shape index (κ1) is 14.7. The molecule has 2 atom stereocenters. The molecule has 0 saturated carbocycles. The molecule has 18 heavy (non-hydrogen) atoms. The number of hydrogen-bond acceptors (Lipinski definition) is 2. The van der Waals surface area contributed by atoms with Crippen LogP contribution in [-0.4, -0.2) is 30.6 Å². The van der Waals surface area contributed by atoms with Gasteiger partial charge in [0.1, 0.15) is 6.10 Å². The van der Waals surface area contributed by atoms with Crippen LogP contribution >= 0.6 is 0 Å². The van der Waals surface area contributed by atoms with Gasteiger partial charge in [-0.1, -0.05) is 37.3 Å². The van der Waals surface area contributed by atoms with Crippen molar-refractivity contribution in [1.29, 1.82) is 0 Å². The molecule has 0 aromatic heterocycles. The standard InChI is InChI=1S/C15H23NO2/c1-5-14(18-6-2)15(17)16(4)12(3)13-10-8-7-9-11-13/h7-12,14H,5-6H2,1-4H3/t12-,14-/m0/s1. The van der Waals surface area contributed by atoms with Crippen molar-refractivity contribution in [3.8, 4) is 0 Å². The summed E-state index contributed by atoms with van der Waals surface area (Å²) in [5.74, 6) is 0.0516. The van der Waals surface area contributed by atoms with Crippen molar-refractivity contribution in [2.24, 2.45) is 0 Å². The van der Waals surface area contributed by atoms with Gasteiger partial charge in [0.15, 0.2) is 0 Å². The van der Waals surface area contributed by atoms with E-state index in [0.29, 0.717) is 13.0 Å². The maximum atomic E-state index is 12.3. The van der Waals surface area contributed by atoms with Crippen molar-refractivity contribution in [2.45, 2.75) is 39.3 Å². The molecular weight excluding hydrogens is 226 g/mol. The fraction of sp³-hybridized carbons (Fsp3) is 0.533. The minimum absolute atomic E-state index is 0.0516. The molecule has 0 aliphatic rings. The molecule has 3 heteroatoms. The Bertz CT molecular complexity index is 364. The maximum absolute atomic E-state index is 12.3. The minimum Gasteiger partial charge on any atom is -0.369 e. The van der Waals surface area contributed by atoms with Crippen LogP contribution in [0.5, 0.6) is 0 Å². The molecule has 0 aliphatic heterocycles. The summed E-state index contributed by atoms with van der Waals surface area (Å²) in [4.78, 5) is 14.0. The van der Waals surface area contributed by atoms with Gasteiger partial charge in [-0.2, -0.15) is 0 Å². The van der Waals surface area contributed by atoms with E-state index in [9.17, 15) is 4.79 Å². The van der Waals surface area contributed by atoms with Gasteiger partial charge < -0.3 is 9.64 Å². The Kier molecular flexibility index (Phi) is 5.86. The molecule has 0 bridgehead atoms. The summed E-state index contributed by atoms with van der Waals surface area (Å²) < 4.78 is 5.47. The normalized spacial score (nSPS) is 14.0. The van der Waals surface area contributed by atoms with Crippen molar-refractivity contribution in [1.82, 2.24) is 4.90 Å². The number of benzene rings is 1. The number of likely N-dealkylation sites (N-methyl/N-ethyl adjacent to an activating group) is 1. The molecule has 1 aromatic rings. The number of hydrogen-bond donors (Lipinski definition) is 0. The summed E-state index contributed by atoms with van der Waals surface area (Å²) in [5.41, 5.74) is 1.14. The van der Waals surface area contributed by atoms with Gasteiger partial charge in [-0.05, 0) is 25.8 Å². The van der Waals surface area contributed by atoms with E-state index >= 15 is 0 Å². The zero-order valence-corrected chi connectivity index (χ0v) is 11.7. The molecule has 0 heterocycles. The number of ether oxygens (including phenoxy) is 1. The third-order valence-electron chi connectivity index (χ3n) is 3.22. The highest BCUT2D eigenvalue weighted by Crippen LogP contribution is 2.19. The monoisotopic (exact) mass is 249 g/mol. The molecule has 0 unspecified atom stereocenters. The third-order valence-corrected chi connectivity index (χ3v) is 3.22. The average Bonchev–Trinajstić information content (AvgIpc) is 2.43. The van der Waals surface area contributed by atoms with Gasteiger partial charge in [-0.3, -0.25) is 4.79 Å². The second-order valence-electron chi connectivity index (χ2n) is 4.39. The van der Waals surface area contributed by atoms with E-state index in [2.05, 4.69) is 0 Å². The molecule has 1 amide bonds. The number of rotatable bonds is 6. The molecule has 0 N–H and O–H groups in total. The zero-order chi connectivity index (χ0) is 13.5. The lowest BCUT2D eigenvalue weighted by Crippen LogP contribution is -2.39. The van der Waals surface area contributed by atoms with Crippen LogP contribution in [0.25, 0.3) is 0 Å². The van der Waals surface area contributed by atoms with Crippen molar-refractivity contribution < 1.29 is 9.53 Å². The lowest BCUT2D eigenvalue weighted by atomic mass is 10.1. The first-order valence-corrected chi connectivity index (χ1v) is 6.55. The number of carbonyl (C=O) groups is 1. The van der Waals surface area contributed by atoms with Gasteiger partial charge in [0.2, 0.25) is 0 Å². The second kappa shape index (κ2) is 7.17. The van der Waals surface area contributed by atoms with Crippen LogP contribution in [0.2, 0.25) is 0 Å². The minimum atomic E-state index is -0.328. The summed E-state index contributed by atoms with van der Waals surface area (Å²) in [6.07, 6.45) is 0.379. The molecule has 100 valence electrons. The van der Waals surface area contributed by atoms with E-state index in [1.165, 1.54) is 0 Å². The largest absolute Gasteiger partial charge is 0.369 e. The summed E-state index contributed by atoms with van der Waals surface area (Å²) >= 11 is 0. The van der Waals surface area contributed by atoms with Gasteiger partial charge in [0.25, 0.3) is 5.91 Å². The highest BCUT2D eigenvalue weighted by atomic mass is 16.5. The topological polar surface area (TPSA) is 29.5 Å². The highest BCUT2D eigenvalue weighted by Gasteiger charge is 2.24. The first-order chi connectivity index (χ1) is 8.61. The Morgan fingerprint density at radius 3 is 2.39 bits per heavy atom. The Labute approximate surface area is 110 Å². The molecule has 0 saturated heterocycles. The van der Waals surface area contributed by atoms with Crippen LogP contribution in [0.4, 0.5) is 0 Å². The summed E-state index contributed by atoms with van der Waals surface area (Å²) in [5, 5.41) is 0. The van der Waals surface area contributed by atoms with Gasteiger partial charge in [0.05, 0.1) is 6.04 Å². The van der Waals surface area contributed by atoms with Crippen molar-refractivity contribution in [3.63, 3.8) is 0 Å². The number of amides is 1. The number of nitrogens with zero attached hydrogens (tertiary/aromatic N) is 1. The lowest BCUT2D eigenvalue weighted by molar-refractivity contribution is -0.144. The Hall–Kier alpha value is -1.35. The summed E-state index contributed by atoms with van der Waals surface area (Å²) in [6, 6.07) is 10.1. The summed E-state index contributed by atoms with van der Waals surface area (Å²) in [6.45, 7) is 6.49. The Balaban J connectivity index is 2.74. The van der Waals surface area contributed by atoms with Crippen LogP contribution in [-0.2, 0) is 9.53 Å². The van der Waals surface area contributed by atoms with E-state index in [4.69, 9.17) is 4.74 Å². The molecule has 3 nitrogen and oxygen atoms in total. The predicted molar refractivity (Wildman–Crippen MR) is 73.3 cm³/mol. The van der Waals surface area contributed by atoms with Crippen molar-refractivity contribution in [2.75, 3.05) is 13.7 Å². The SMILES string of the molecule is CCO[C@@H](CC)C(=O)N(C)[C@@H](C)c1ccccc1. The van der Waals surface area contributed by atoms with E-state index in [1.54, 1.807) is 4.90 Å². The van der Waals surface area contributed by atoms with Crippen LogP contribution in [0.1, 0.15) is 38.8 Å². The van der Waals surface area contributed by atoms with Crippen LogP contribution in [0.3, 0.4) is 0 Å².